The summed E-state index contributed by atoms with van der Waals surface area (Å²) in [5, 5.41) is 12.7. The molecule has 104 valence electrons. The van der Waals surface area contributed by atoms with Crippen LogP contribution in [0.2, 0.25) is 0 Å². The minimum atomic E-state index is -0.860. The Bertz CT molecular complexity index is 448. The van der Waals surface area contributed by atoms with Gasteiger partial charge < -0.3 is 10.4 Å². The summed E-state index contributed by atoms with van der Waals surface area (Å²) in [4.78, 5) is 11.3. The van der Waals surface area contributed by atoms with Gasteiger partial charge >= 0.3 is 5.97 Å². The van der Waals surface area contributed by atoms with Crippen LogP contribution in [0.5, 0.6) is 0 Å². The number of carboxylic acids is 1. The maximum Gasteiger partial charge on any atom is 0.336 e. The number of nitrogens with one attached hydrogen (secondary N) is 1. The summed E-state index contributed by atoms with van der Waals surface area (Å²) in [6.07, 6.45) is 4.06. The van der Waals surface area contributed by atoms with Gasteiger partial charge in [-0.2, -0.15) is 0 Å². The van der Waals surface area contributed by atoms with Gasteiger partial charge in [-0.05, 0) is 31.9 Å². The molecule has 1 unspecified atom stereocenters. The van der Waals surface area contributed by atoms with Crippen molar-refractivity contribution in [2.45, 2.75) is 39.7 Å². The highest BCUT2D eigenvalue weighted by Crippen LogP contribution is 2.22. The maximum atomic E-state index is 11.3. The highest BCUT2D eigenvalue weighted by atomic mass is 16.4. The molecule has 1 aromatic rings. The van der Waals surface area contributed by atoms with E-state index in [0.29, 0.717) is 5.56 Å². The van der Waals surface area contributed by atoms with E-state index in [2.05, 4.69) is 32.2 Å². The lowest BCUT2D eigenvalue weighted by atomic mass is 9.97. The van der Waals surface area contributed by atoms with Gasteiger partial charge in [-0.1, -0.05) is 43.2 Å². The second-order valence-electron chi connectivity index (χ2n) is 4.92. The van der Waals surface area contributed by atoms with Crippen molar-refractivity contribution in [1.82, 2.24) is 5.32 Å². The quantitative estimate of drug-likeness (QED) is 0.734. The van der Waals surface area contributed by atoms with E-state index in [0.717, 1.165) is 24.9 Å². The van der Waals surface area contributed by atoms with E-state index in [-0.39, 0.29) is 6.04 Å². The average Bonchev–Trinajstić information content (AvgIpc) is 2.37. The van der Waals surface area contributed by atoms with Crippen LogP contribution in [-0.2, 0) is 0 Å². The molecule has 0 amide bonds. The molecular weight excluding hydrogens is 238 g/mol. The van der Waals surface area contributed by atoms with Gasteiger partial charge in [-0.15, -0.1) is 0 Å². The van der Waals surface area contributed by atoms with Crippen molar-refractivity contribution < 1.29 is 9.90 Å². The molecule has 1 atom stereocenters. The number of carbonyl (C=O) groups is 1. The summed E-state index contributed by atoms with van der Waals surface area (Å²) in [5.74, 6) is -0.860. The van der Waals surface area contributed by atoms with Gasteiger partial charge in [-0.3, -0.25) is 0 Å². The molecule has 3 heteroatoms. The molecule has 0 aliphatic rings. The molecule has 0 bridgehead atoms. The summed E-state index contributed by atoms with van der Waals surface area (Å²) in [6.45, 7) is 6.99. The zero-order valence-corrected chi connectivity index (χ0v) is 11.9. The fourth-order valence-electron chi connectivity index (χ4n) is 2.06. The van der Waals surface area contributed by atoms with E-state index in [1.807, 2.05) is 12.1 Å². The Kier molecular flexibility index (Phi) is 6.30. The van der Waals surface area contributed by atoms with Gasteiger partial charge in [0.05, 0.1) is 5.56 Å². The third-order valence-electron chi connectivity index (χ3n) is 3.02. The van der Waals surface area contributed by atoms with Crippen LogP contribution in [0.15, 0.2) is 35.9 Å². The van der Waals surface area contributed by atoms with E-state index in [1.165, 1.54) is 5.57 Å². The van der Waals surface area contributed by atoms with E-state index >= 15 is 0 Å². The van der Waals surface area contributed by atoms with Crippen molar-refractivity contribution in [3.8, 4) is 0 Å². The molecule has 1 aromatic carbocycles. The number of hydrogen-bond donors (Lipinski definition) is 2. The molecule has 0 aliphatic heterocycles. The molecule has 0 aliphatic carbocycles. The monoisotopic (exact) mass is 261 g/mol. The molecule has 0 aromatic heterocycles. The second-order valence-corrected chi connectivity index (χ2v) is 4.92. The number of benzene rings is 1. The Morgan fingerprint density at radius 3 is 2.63 bits per heavy atom. The number of aromatic carboxylic acids is 1. The number of allylic oxidation sites excluding steroid dienone is 1. The summed E-state index contributed by atoms with van der Waals surface area (Å²) >= 11 is 0. The molecule has 1 rings (SSSR count). The molecule has 19 heavy (non-hydrogen) atoms. The highest BCUT2D eigenvalue weighted by Gasteiger charge is 2.16. The summed E-state index contributed by atoms with van der Waals surface area (Å²) < 4.78 is 0. The second kappa shape index (κ2) is 7.74. The number of hydrogen-bond acceptors (Lipinski definition) is 2. The first kappa shape index (κ1) is 15.4. The first-order chi connectivity index (χ1) is 9.06. The van der Waals surface area contributed by atoms with Crippen molar-refractivity contribution >= 4 is 5.97 Å². The predicted molar refractivity (Wildman–Crippen MR) is 78.5 cm³/mol. The maximum absolute atomic E-state index is 11.3. The minimum absolute atomic E-state index is 0.0906. The van der Waals surface area contributed by atoms with E-state index in [9.17, 15) is 9.90 Å². The molecule has 0 heterocycles. The standard InChI is InChI=1S/C16H23NO2/c1-4-7-15(17-11-10-12(2)3)13-8-5-6-9-14(13)16(18)19/h5-6,8-10,15,17H,4,7,11H2,1-3H3,(H,18,19). The molecular formula is C16H23NO2. The number of carboxylic acid groups (broad SMARTS) is 1. The third kappa shape index (κ3) is 4.87. The Labute approximate surface area is 115 Å². The van der Waals surface area contributed by atoms with Gasteiger partial charge in [0.15, 0.2) is 0 Å². The zero-order valence-electron chi connectivity index (χ0n) is 11.9. The Morgan fingerprint density at radius 1 is 1.37 bits per heavy atom. The predicted octanol–water partition coefficient (Wildman–Crippen LogP) is 3.78. The molecule has 0 spiro atoms. The molecule has 0 fully saturated rings. The van der Waals surface area contributed by atoms with E-state index in [1.54, 1.807) is 12.1 Å². The van der Waals surface area contributed by atoms with E-state index in [4.69, 9.17) is 0 Å². The molecule has 0 radical (unpaired) electrons. The van der Waals surface area contributed by atoms with Crippen LogP contribution in [0.25, 0.3) is 0 Å². The van der Waals surface area contributed by atoms with Crippen LogP contribution < -0.4 is 5.32 Å². The van der Waals surface area contributed by atoms with Gasteiger partial charge in [0.1, 0.15) is 0 Å². The van der Waals surface area contributed by atoms with Crippen molar-refractivity contribution in [1.29, 1.82) is 0 Å². The normalized spacial score (nSPS) is 11.9. The highest BCUT2D eigenvalue weighted by molar-refractivity contribution is 5.89. The largest absolute Gasteiger partial charge is 0.478 e. The minimum Gasteiger partial charge on any atom is -0.478 e. The number of rotatable bonds is 7. The molecule has 0 saturated carbocycles. The van der Waals surface area contributed by atoms with Gasteiger partial charge in [0, 0.05) is 12.6 Å². The topological polar surface area (TPSA) is 49.3 Å². The SMILES string of the molecule is CCCC(NCC=C(C)C)c1ccccc1C(=O)O. The summed E-state index contributed by atoms with van der Waals surface area (Å²) in [6, 6.07) is 7.33. The summed E-state index contributed by atoms with van der Waals surface area (Å²) in [5.41, 5.74) is 2.53. The fraction of sp³-hybridized carbons (Fsp3) is 0.438. The summed E-state index contributed by atoms with van der Waals surface area (Å²) in [7, 11) is 0. The molecule has 2 N–H and O–H groups in total. The molecule has 3 nitrogen and oxygen atoms in total. The van der Waals surface area contributed by atoms with Crippen molar-refractivity contribution in [3.63, 3.8) is 0 Å². The Morgan fingerprint density at radius 2 is 2.05 bits per heavy atom. The molecule has 0 saturated heterocycles. The van der Waals surface area contributed by atoms with Crippen LogP contribution in [0.4, 0.5) is 0 Å². The zero-order chi connectivity index (χ0) is 14.3. The lowest BCUT2D eigenvalue weighted by molar-refractivity contribution is 0.0694. The van der Waals surface area contributed by atoms with Crippen LogP contribution in [-0.4, -0.2) is 17.6 Å². The Balaban J connectivity index is 2.92. The fourth-order valence-corrected chi connectivity index (χ4v) is 2.06. The third-order valence-corrected chi connectivity index (χ3v) is 3.02. The van der Waals surface area contributed by atoms with Crippen LogP contribution in [0.1, 0.15) is 55.6 Å². The smallest absolute Gasteiger partial charge is 0.336 e. The van der Waals surface area contributed by atoms with Gasteiger partial charge in [0.2, 0.25) is 0 Å². The van der Waals surface area contributed by atoms with Gasteiger partial charge in [0.25, 0.3) is 0 Å². The lowest BCUT2D eigenvalue weighted by Crippen LogP contribution is -2.23. The van der Waals surface area contributed by atoms with Crippen molar-refractivity contribution in [2.75, 3.05) is 6.54 Å². The average molecular weight is 261 g/mol. The van der Waals surface area contributed by atoms with Crippen LogP contribution in [0, 0.1) is 0 Å². The van der Waals surface area contributed by atoms with Crippen molar-refractivity contribution in [3.05, 3.63) is 47.0 Å². The first-order valence-electron chi connectivity index (χ1n) is 6.75. The van der Waals surface area contributed by atoms with Crippen LogP contribution in [0.3, 0.4) is 0 Å². The van der Waals surface area contributed by atoms with Crippen molar-refractivity contribution in [2.24, 2.45) is 0 Å². The van der Waals surface area contributed by atoms with Crippen LogP contribution >= 0.6 is 0 Å². The first-order valence-corrected chi connectivity index (χ1v) is 6.75. The Hall–Kier alpha value is -1.61. The van der Waals surface area contributed by atoms with E-state index < -0.39 is 5.97 Å². The lowest BCUT2D eigenvalue weighted by Gasteiger charge is -2.19. The van der Waals surface area contributed by atoms with Gasteiger partial charge in [-0.25, -0.2) is 4.79 Å².